The smallest absolute Gasteiger partial charge is 0.222 e. The molecule has 0 aromatic rings. The van der Waals surface area contributed by atoms with Crippen LogP contribution >= 0.6 is 0 Å². The number of carbonyl (C=O) groups excluding carboxylic acids is 1. The summed E-state index contributed by atoms with van der Waals surface area (Å²) in [6.07, 6.45) is 5.21. The fourth-order valence-corrected chi connectivity index (χ4v) is 3.39. The number of amides is 1. The fourth-order valence-electron chi connectivity index (χ4n) is 3.39. The lowest BCUT2D eigenvalue weighted by molar-refractivity contribution is -0.190. The van der Waals surface area contributed by atoms with Crippen LogP contribution in [0.25, 0.3) is 0 Å². The largest absolute Gasteiger partial charge is 0.372 e. The Kier molecular flexibility index (Phi) is 3.09. The molecule has 2 bridgehead atoms. The van der Waals surface area contributed by atoms with E-state index in [0.29, 0.717) is 30.6 Å². The Morgan fingerprint density at radius 1 is 1.24 bits per heavy atom. The normalized spacial score (nSPS) is 34.5. The molecule has 96 valence electrons. The second-order valence-corrected chi connectivity index (χ2v) is 5.54. The maximum Gasteiger partial charge on any atom is 0.222 e. The molecule has 17 heavy (non-hydrogen) atoms. The fraction of sp³-hybridized carbons (Fsp3) is 0.923. The highest BCUT2D eigenvalue weighted by molar-refractivity contribution is 5.75. The van der Waals surface area contributed by atoms with Gasteiger partial charge in [-0.25, -0.2) is 0 Å². The van der Waals surface area contributed by atoms with E-state index in [4.69, 9.17) is 4.74 Å². The molecule has 4 heteroatoms. The van der Waals surface area contributed by atoms with Crippen LogP contribution < -0.4 is 0 Å². The molecule has 0 radical (unpaired) electrons. The number of carbonyl (C=O) groups is 1. The SMILES string of the molecule is CCC(=O)N1CCC(N2CC3CC(C2)O3)CC1. The molecular formula is C13H22N2O2. The quantitative estimate of drug-likeness (QED) is 0.715. The zero-order chi connectivity index (χ0) is 11.8. The van der Waals surface area contributed by atoms with Crippen molar-refractivity contribution in [2.24, 2.45) is 0 Å². The van der Waals surface area contributed by atoms with Crippen LogP contribution in [0, 0.1) is 0 Å². The number of nitrogens with zero attached hydrogens (tertiary/aromatic N) is 2. The van der Waals surface area contributed by atoms with E-state index >= 15 is 0 Å². The summed E-state index contributed by atoms with van der Waals surface area (Å²) in [4.78, 5) is 16.2. The average molecular weight is 238 g/mol. The Hall–Kier alpha value is -0.610. The molecular weight excluding hydrogens is 216 g/mol. The number of morpholine rings is 1. The monoisotopic (exact) mass is 238 g/mol. The van der Waals surface area contributed by atoms with Crippen LogP contribution in [-0.4, -0.2) is 60.1 Å². The van der Waals surface area contributed by atoms with Crippen molar-refractivity contribution in [1.82, 2.24) is 9.80 Å². The Bertz CT molecular complexity index is 284. The molecule has 4 rings (SSSR count). The zero-order valence-corrected chi connectivity index (χ0v) is 10.6. The molecule has 4 fully saturated rings. The number of hydrogen-bond donors (Lipinski definition) is 0. The number of likely N-dealkylation sites (tertiary alicyclic amines) is 1. The Balaban J connectivity index is 1.49. The predicted molar refractivity (Wildman–Crippen MR) is 64.7 cm³/mol. The molecule has 4 aliphatic rings. The van der Waals surface area contributed by atoms with Crippen LogP contribution in [0.15, 0.2) is 0 Å². The molecule has 0 aromatic carbocycles. The number of piperidine rings is 2. The van der Waals surface area contributed by atoms with Crippen molar-refractivity contribution in [3.05, 3.63) is 0 Å². The summed E-state index contributed by atoms with van der Waals surface area (Å²) in [5.74, 6) is 0.313. The van der Waals surface area contributed by atoms with E-state index < -0.39 is 0 Å². The van der Waals surface area contributed by atoms with Gasteiger partial charge in [-0.2, -0.15) is 0 Å². The summed E-state index contributed by atoms with van der Waals surface area (Å²) < 4.78 is 5.67. The molecule has 4 aliphatic heterocycles. The summed E-state index contributed by atoms with van der Waals surface area (Å²) in [5.41, 5.74) is 0. The molecule has 0 N–H and O–H groups in total. The zero-order valence-electron chi connectivity index (χ0n) is 10.6. The van der Waals surface area contributed by atoms with Crippen molar-refractivity contribution in [3.8, 4) is 0 Å². The van der Waals surface area contributed by atoms with Crippen molar-refractivity contribution in [3.63, 3.8) is 0 Å². The van der Waals surface area contributed by atoms with Crippen molar-refractivity contribution in [2.45, 2.75) is 50.9 Å². The lowest BCUT2D eigenvalue weighted by Crippen LogP contribution is -2.61. The van der Waals surface area contributed by atoms with Gasteiger partial charge in [0.05, 0.1) is 12.2 Å². The minimum Gasteiger partial charge on any atom is -0.372 e. The highest BCUT2D eigenvalue weighted by Crippen LogP contribution is 2.31. The first kappa shape index (κ1) is 11.5. The number of ether oxygens (including phenoxy) is 1. The molecule has 0 aliphatic carbocycles. The van der Waals surface area contributed by atoms with Crippen LogP contribution in [0.4, 0.5) is 0 Å². The third kappa shape index (κ3) is 2.20. The van der Waals surface area contributed by atoms with Gasteiger partial charge in [-0.3, -0.25) is 9.69 Å². The van der Waals surface area contributed by atoms with Crippen molar-refractivity contribution >= 4 is 5.91 Å². The molecule has 4 nitrogen and oxygen atoms in total. The molecule has 4 saturated heterocycles. The van der Waals surface area contributed by atoms with Gasteiger partial charge in [0.2, 0.25) is 5.91 Å². The first-order valence-corrected chi connectivity index (χ1v) is 6.93. The number of hydrogen-bond acceptors (Lipinski definition) is 3. The second kappa shape index (κ2) is 4.58. The number of fused-ring (bicyclic) bond motifs is 2. The summed E-state index contributed by atoms with van der Waals surface area (Å²) in [5, 5.41) is 0. The number of rotatable bonds is 2. The topological polar surface area (TPSA) is 32.8 Å². The van der Waals surface area contributed by atoms with Gasteiger partial charge in [-0.1, -0.05) is 6.92 Å². The van der Waals surface area contributed by atoms with Gasteiger partial charge in [0.1, 0.15) is 0 Å². The van der Waals surface area contributed by atoms with Crippen LogP contribution in [0.1, 0.15) is 32.6 Å². The van der Waals surface area contributed by atoms with E-state index in [1.54, 1.807) is 0 Å². The first-order valence-electron chi connectivity index (χ1n) is 6.93. The maximum atomic E-state index is 11.6. The third-order valence-electron chi connectivity index (χ3n) is 4.42. The summed E-state index contributed by atoms with van der Waals surface area (Å²) in [7, 11) is 0. The average Bonchev–Trinajstić information content (AvgIpc) is 2.37. The van der Waals surface area contributed by atoms with Crippen LogP contribution in [0.5, 0.6) is 0 Å². The van der Waals surface area contributed by atoms with Gasteiger partial charge in [0.25, 0.3) is 0 Å². The second-order valence-electron chi connectivity index (χ2n) is 5.54. The Labute approximate surface area is 103 Å². The predicted octanol–water partition coefficient (Wildman–Crippen LogP) is 0.861. The lowest BCUT2D eigenvalue weighted by atomic mass is 9.94. The molecule has 2 unspecified atom stereocenters. The lowest BCUT2D eigenvalue weighted by Gasteiger charge is -2.51. The van der Waals surface area contributed by atoms with E-state index in [1.165, 1.54) is 6.42 Å². The van der Waals surface area contributed by atoms with Gasteiger partial charge in [-0.15, -0.1) is 0 Å². The van der Waals surface area contributed by atoms with Crippen molar-refractivity contribution in [2.75, 3.05) is 26.2 Å². The molecule has 2 atom stereocenters. The standard InChI is InChI=1S/C13H22N2O2/c1-2-13(16)14-5-3-10(4-6-14)15-8-11-7-12(9-15)17-11/h10-12H,2-9H2,1H3. The van der Waals surface area contributed by atoms with E-state index in [1.807, 2.05) is 11.8 Å². The maximum absolute atomic E-state index is 11.6. The van der Waals surface area contributed by atoms with Crippen molar-refractivity contribution < 1.29 is 9.53 Å². The van der Waals surface area contributed by atoms with Crippen molar-refractivity contribution in [1.29, 1.82) is 0 Å². The summed E-state index contributed by atoms with van der Waals surface area (Å²) in [6, 6.07) is 0.685. The summed E-state index contributed by atoms with van der Waals surface area (Å²) >= 11 is 0. The van der Waals surface area contributed by atoms with Crippen LogP contribution in [-0.2, 0) is 9.53 Å². The third-order valence-corrected chi connectivity index (χ3v) is 4.42. The van der Waals surface area contributed by atoms with E-state index in [0.717, 1.165) is 39.0 Å². The van der Waals surface area contributed by atoms with E-state index in [2.05, 4.69) is 4.90 Å². The molecule has 4 heterocycles. The van der Waals surface area contributed by atoms with Gasteiger partial charge < -0.3 is 9.64 Å². The van der Waals surface area contributed by atoms with E-state index in [9.17, 15) is 4.79 Å². The van der Waals surface area contributed by atoms with Gasteiger partial charge >= 0.3 is 0 Å². The Morgan fingerprint density at radius 3 is 2.35 bits per heavy atom. The van der Waals surface area contributed by atoms with Gasteiger partial charge in [0, 0.05) is 45.1 Å². The Morgan fingerprint density at radius 2 is 1.82 bits per heavy atom. The summed E-state index contributed by atoms with van der Waals surface area (Å²) in [6.45, 7) is 6.07. The van der Waals surface area contributed by atoms with Crippen LogP contribution in [0.2, 0.25) is 0 Å². The molecule has 1 amide bonds. The first-order chi connectivity index (χ1) is 8.26. The minimum absolute atomic E-state index is 0.313. The van der Waals surface area contributed by atoms with Crippen LogP contribution in [0.3, 0.4) is 0 Å². The highest BCUT2D eigenvalue weighted by atomic mass is 16.5. The van der Waals surface area contributed by atoms with E-state index in [-0.39, 0.29) is 0 Å². The van der Waals surface area contributed by atoms with Gasteiger partial charge in [-0.05, 0) is 12.8 Å². The molecule has 0 aromatic heterocycles. The molecule has 0 spiro atoms. The minimum atomic E-state index is 0.313. The highest BCUT2D eigenvalue weighted by Gasteiger charge is 2.41. The molecule has 0 saturated carbocycles. The van der Waals surface area contributed by atoms with Gasteiger partial charge in [0.15, 0.2) is 0 Å².